The van der Waals surface area contributed by atoms with Gasteiger partial charge in [0.2, 0.25) is 11.8 Å². The van der Waals surface area contributed by atoms with Crippen LogP contribution in [0.1, 0.15) is 38.3 Å². The molecular formula is C21H25N3O3S. The van der Waals surface area contributed by atoms with Gasteiger partial charge >= 0.3 is 0 Å². The number of amides is 2. The van der Waals surface area contributed by atoms with Crippen LogP contribution in [0.3, 0.4) is 0 Å². The third kappa shape index (κ3) is 3.68. The summed E-state index contributed by atoms with van der Waals surface area (Å²) in [5.41, 5.74) is 2.17. The molecule has 1 saturated carbocycles. The molecule has 2 aromatic rings. The van der Waals surface area contributed by atoms with E-state index >= 15 is 0 Å². The van der Waals surface area contributed by atoms with E-state index in [9.17, 15) is 14.4 Å². The summed E-state index contributed by atoms with van der Waals surface area (Å²) in [7, 11) is 0. The summed E-state index contributed by atoms with van der Waals surface area (Å²) in [6, 6.07) is 6.46. The van der Waals surface area contributed by atoms with Crippen molar-refractivity contribution in [3.05, 3.63) is 40.2 Å². The monoisotopic (exact) mass is 399 g/mol. The number of fused-ring (bicyclic) bond motifs is 1. The first-order valence-corrected chi connectivity index (χ1v) is 11.1. The van der Waals surface area contributed by atoms with Gasteiger partial charge in [-0.05, 0) is 37.5 Å². The molecule has 0 radical (unpaired) electrons. The van der Waals surface area contributed by atoms with Crippen LogP contribution in [-0.4, -0.2) is 39.4 Å². The molecule has 0 spiro atoms. The van der Waals surface area contributed by atoms with Crippen molar-refractivity contribution in [3.8, 4) is 0 Å². The molecule has 7 heteroatoms. The number of hydrogen-bond donors (Lipinski definition) is 2. The number of nitrogens with zero attached hydrogens (tertiary/aromatic N) is 1. The standard InChI is InChI=1S/C21H25N3O3S/c1-2-14-10-19(25)16-9-15(7-8-17(16)22-14)23-20(26)18-11-28-12-24(18)21(27)13-5-3-4-6-13/h7-10,13,18H,2-6,11-12H2,1H3,(H,22,25)(H,23,26). The van der Waals surface area contributed by atoms with E-state index in [0.717, 1.165) is 43.3 Å². The Morgan fingerprint density at radius 1 is 1.25 bits per heavy atom. The second-order valence-electron chi connectivity index (χ2n) is 7.57. The lowest BCUT2D eigenvalue weighted by Gasteiger charge is -2.25. The lowest BCUT2D eigenvalue weighted by Crippen LogP contribution is -2.46. The van der Waals surface area contributed by atoms with Crippen molar-refractivity contribution in [3.63, 3.8) is 0 Å². The molecule has 28 heavy (non-hydrogen) atoms. The maximum absolute atomic E-state index is 12.9. The topological polar surface area (TPSA) is 82.3 Å². The Morgan fingerprint density at radius 3 is 2.79 bits per heavy atom. The van der Waals surface area contributed by atoms with Crippen molar-refractivity contribution in [2.75, 3.05) is 16.9 Å². The van der Waals surface area contributed by atoms with Gasteiger partial charge in [-0.2, -0.15) is 0 Å². The molecule has 0 bridgehead atoms. The van der Waals surface area contributed by atoms with Gasteiger partial charge < -0.3 is 15.2 Å². The molecule has 1 aliphatic heterocycles. The largest absolute Gasteiger partial charge is 0.358 e. The van der Waals surface area contributed by atoms with E-state index in [1.165, 1.54) is 0 Å². The molecule has 2 N–H and O–H groups in total. The van der Waals surface area contributed by atoms with Gasteiger partial charge in [0.15, 0.2) is 5.43 Å². The number of hydrogen-bond acceptors (Lipinski definition) is 4. The third-order valence-electron chi connectivity index (χ3n) is 5.71. The zero-order valence-corrected chi connectivity index (χ0v) is 16.8. The lowest BCUT2D eigenvalue weighted by atomic mass is 10.1. The van der Waals surface area contributed by atoms with Gasteiger partial charge in [0.1, 0.15) is 6.04 Å². The highest BCUT2D eigenvalue weighted by Crippen LogP contribution is 2.31. The van der Waals surface area contributed by atoms with Crippen molar-refractivity contribution in [2.45, 2.75) is 45.1 Å². The lowest BCUT2D eigenvalue weighted by molar-refractivity contribution is -0.139. The van der Waals surface area contributed by atoms with Crippen LogP contribution < -0.4 is 10.7 Å². The van der Waals surface area contributed by atoms with Crippen LogP contribution in [0.2, 0.25) is 0 Å². The van der Waals surface area contributed by atoms with Gasteiger partial charge in [0.25, 0.3) is 0 Å². The van der Waals surface area contributed by atoms with Gasteiger partial charge in [0, 0.05) is 40.0 Å². The van der Waals surface area contributed by atoms with Crippen LogP contribution in [0, 0.1) is 5.92 Å². The Bertz CT molecular complexity index is 965. The molecule has 148 valence electrons. The molecule has 2 fully saturated rings. The predicted octanol–water partition coefficient (Wildman–Crippen LogP) is 3.12. The van der Waals surface area contributed by atoms with Crippen LogP contribution in [0.5, 0.6) is 0 Å². The summed E-state index contributed by atoms with van der Waals surface area (Å²) in [6.45, 7) is 1.99. The third-order valence-corrected chi connectivity index (χ3v) is 6.72. The van der Waals surface area contributed by atoms with Gasteiger partial charge in [-0.3, -0.25) is 14.4 Å². The average molecular weight is 400 g/mol. The van der Waals surface area contributed by atoms with Crippen LogP contribution in [0.25, 0.3) is 10.9 Å². The maximum Gasteiger partial charge on any atom is 0.248 e. The summed E-state index contributed by atoms with van der Waals surface area (Å²) in [6.07, 6.45) is 4.82. The minimum atomic E-state index is -0.449. The smallest absolute Gasteiger partial charge is 0.248 e. The molecule has 1 aromatic heterocycles. The number of anilines is 1. The first-order valence-electron chi connectivity index (χ1n) is 9.92. The van der Waals surface area contributed by atoms with Crippen LogP contribution in [0.4, 0.5) is 5.69 Å². The number of thioether (sulfide) groups is 1. The normalized spacial score (nSPS) is 20.0. The number of pyridine rings is 1. The van der Waals surface area contributed by atoms with Gasteiger partial charge in [0.05, 0.1) is 5.88 Å². The molecule has 6 nitrogen and oxygen atoms in total. The number of benzene rings is 1. The number of aromatic nitrogens is 1. The Kier molecular flexibility index (Phi) is 5.44. The van der Waals surface area contributed by atoms with E-state index in [1.807, 2.05) is 13.0 Å². The van der Waals surface area contributed by atoms with E-state index in [0.29, 0.717) is 22.7 Å². The zero-order valence-electron chi connectivity index (χ0n) is 16.0. The fourth-order valence-electron chi connectivity index (χ4n) is 4.08. The summed E-state index contributed by atoms with van der Waals surface area (Å²) >= 11 is 1.61. The first-order chi connectivity index (χ1) is 13.6. The molecule has 1 unspecified atom stereocenters. The van der Waals surface area contributed by atoms with Gasteiger partial charge in [-0.25, -0.2) is 0 Å². The fraction of sp³-hybridized carbons (Fsp3) is 0.476. The Labute approximate surface area is 168 Å². The Morgan fingerprint density at radius 2 is 2.04 bits per heavy atom. The van der Waals surface area contributed by atoms with Gasteiger partial charge in [-0.15, -0.1) is 11.8 Å². The number of carbonyl (C=O) groups excluding carboxylic acids is 2. The number of H-pyrrole nitrogens is 1. The summed E-state index contributed by atoms with van der Waals surface area (Å²) in [5, 5.41) is 3.46. The molecule has 1 atom stereocenters. The van der Waals surface area contributed by atoms with Crippen molar-refractivity contribution in [2.24, 2.45) is 5.92 Å². The highest BCUT2D eigenvalue weighted by Gasteiger charge is 2.38. The Balaban J connectivity index is 1.51. The average Bonchev–Trinajstić information content (AvgIpc) is 3.39. The van der Waals surface area contributed by atoms with E-state index < -0.39 is 6.04 Å². The van der Waals surface area contributed by atoms with Crippen molar-refractivity contribution < 1.29 is 9.59 Å². The highest BCUT2D eigenvalue weighted by molar-refractivity contribution is 7.99. The fourth-order valence-corrected chi connectivity index (χ4v) is 5.24. The van der Waals surface area contributed by atoms with Gasteiger partial charge in [-0.1, -0.05) is 19.8 Å². The SMILES string of the molecule is CCc1cc(=O)c2cc(NC(=O)C3CSCN3C(=O)C3CCCC3)ccc2[nH]1. The number of aryl methyl sites for hydroxylation is 1. The van der Waals surface area contributed by atoms with Crippen LogP contribution >= 0.6 is 11.8 Å². The molecular weight excluding hydrogens is 374 g/mol. The Hall–Kier alpha value is -2.28. The molecule has 2 aliphatic rings. The van der Waals surface area contributed by atoms with E-state index in [4.69, 9.17) is 0 Å². The molecule has 1 aromatic carbocycles. The van der Waals surface area contributed by atoms with E-state index in [1.54, 1.807) is 34.9 Å². The first kappa shape index (κ1) is 19.1. The van der Waals surface area contributed by atoms with E-state index in [2.05, 4.69) is 10.3 Å². The molecule has 1 aliphatic carbocycles. The second-order valence-corrected chi connectivity index (χ2v) is 8.57. The quantitative estimate of drug-likeness (QED) is 0.828. The minimum Gasteiger partial charge on any atom is -0.358 e. The number of rotatable bonds is 4. The van der Waals surface area contributed by atoms with Crippen LogP contribution in [-0.2, 0) is 16.0 Å². The van der Waals surface area contributed by atoms with Crippen molar-refractivity contribution in [1.29, 1.82) is 0 Å². The maximum atomic E-state index is 12.9. The minimum absolute atomic E-state index is 0.0591. The summed E-state index contributed by atoms with van der Waals surface area (Å²) < 4.78 is 0. The summed E-state index contributed by atoms with van der Waals surface area (Å²) in [5.74, 6) is 1.19. The van der Waals surface area contributed by atoms with Crippen molar-refractivity contribution in [1.82, 2.24) is 9.88 Å². The zero-order chi connectivity index (χ0) is 19.7. The highest BCUT2D eigenvalue weighted by atomic mass is 32.2. The number of aromatic amines is 1. The number of carbonyl (C=O) groups is 2. The number of nitrogens with one attached hydrogen (secondary N) is 2. The van der Waals surface area contributed by atoms with E-state index in [-0.39, 0.29) is 23.2 Å². The van der Waals surface area contributed by atoms with Crippen molar-refractivity contribution >= 4 is 40.2 Å². The second kappa shape index (κ2) is 7.99. The molecule has 4 rings (SSSR count). The molecule has 2 amide bonds. The summed E-state index contributed by atoms with van der Waals surface area (Å²) in [4.78, 5) is 43.0. The van der Waals surface area contributed by atoms with Crippen LogP contribution in [0.15, 0.2) is 29.1 Å². The predicted molar refractivity (Wildman–Crippen MR) is 112 cm³/mol. The molecule has 2 heterocycles. The molecule has 1 saturated heterocycles.